The van der Waals surface area contributed by atoms with Crippen molar-refractivity contribution in [2.24, 2.45) is 0 Å². The van der Waals surface area contributed by atoms with Crippen LogP contribution in [0.15, 0.2) is 18.3 Å². The summed E-state index contributed by atoms with van der Waals surface area (Å²) in [5.74, 6) is -0.129. The standard InChI is InChI=1S/C13H18ClN3O2/c14-13-11(5-3-6-15-13)16-12(19)8-17-7-2-1-4-10(17)9-18/h3,5-6,10,18H,1-2,4,7-9H2,(H,16,19). The molecule has 0 radical (unpaired) electrons. The van der Waals surface area contributed by atoms with Crippen molar-refractivity contribution < 1.29 is 9.90 Å². The van der Waals surface area contributed by atoms with E-state index in [2.05, 4.69) is 10.3 Å². The van der Waals surface area contributed by atoms with Gasteiger partial charge in [-0.2, -0.15) is 0 Å². The van der Waals surface area contributed by atoms with Gasteiger partial charge in [0.15, 0.2) is 5.15 Å². The molecule has 19 heavy (non-hydrogen) atoms. The third-order valence-electron chi connectivity index (χ3n) is 3.34. The molecule has 1 aromatic heterocycles. The van der Waals surface area contributed by atoms with E-state index in [4.69, 9.17) is 11.6 Å². The Labute approximate surface area is 117 Å². The van der Waals surface area contributed by atoms with Crippen LogP contribution in [-0.2, 0) is 4.79 Å². The van der Waals surface area contributed by atoms with Crippen molar-refractivity contribution in [3.63, 3.8) is 0 Å². The number of pyridine rings is 1. The summed E-state index contributed by atoms with van der Waals surface area (Å²) in [6, 6.07) is 3.52. The first kappa shape index (κ1) is 14.2. The van der Waals surface area contributed by atoms with E-state index >= 15 is 0 Å². The molecule has 2 N–H and O–H groups in total. The van der Waals surface area contributed by atoms with Gasteiger partial charge < -0.3 is 10.4 Å². The topological polar surface area (TPSA) is 65.5 Å². The summed E-state index contributed by atoms with van der Waals surface area (Å²) >= 11 is 5.89. The SMILES string of the molecule is O=C(CN1CCCCC1CO)Nc1cccnc1Cl. The summed E-state index contributed by atoms with van der Waals surface area (Å²) in [6.45, 7) is 1.22. The molecule has 6 heteroatoms. The average Bonchev–Trinajstić information content (AvgIpc) is 2.42. The van der Waals surface area contributed by atoms with Crippen molar-refractivity contribution in [3.8, 4) is 0 Å². The van der Waals surface area contributed by atoms with E-state index < -0.39 is 0 Å². The summed E-state index contributed by atoms with van der Waals surface area (Å²) in [5.41, 5.74) is 0.520. The lowest BCUT2D eigenvalue weighted by Crippen LogP contribution is -2.45. The van der Waals surface area contributed by atoms with Crippen LogP contribution in [0.2, 0.25) is 5.15 Å². The molecule has 1 aliphatic rings. The minimum Gasteiger partial charge on any atom is -0.395 e. The number of hydrogen-bond acceptors (Lipinski definition) is 4. The summed E-state index contributed by atoms with van der Waals surface area (Å²) in [6.07, 6.45) is 4.69. The number of nitrogens with one attached hydrogen (secondary N) is 1. The first-order chi connectivity index (χ1) is 9.20. The second-order valence-corrected chi connectivity index (χ2v) is 5.05. The minimum absolute atomic E-state index is 0.0869. The molecule has 1 unspecified atom stereocenters. The second-order valence-electron chi connectivity index (χ2n) is 4.69. The highest BCUT2D eigenvalue weighted by Gasteiger charge is 2.23. The Morgan fingerprint density at radius 2 is 2.42 bits per heavy atom. The zero-order valence-electron chi connectivity index (χ0n) is 10.7. The quantitative estimate of drug-likeness (QED) is 0.823. The van der Waals surface area contributed by atoms with Gasteiger partial charge in [-0.25, -0.2) is 4.98 Å². The Hall–Kier alpha value is -1.17. The molecule has 2 heterocycles. The van der Waals surface area contributed by atoms with E-state index in [1.807, 2.05) is 4.90 Å². The van der Waals surface area contributed by atoms with Crippen molar-refractivity contribution in [2.45, 2.75) is 25.3 Å². The molecule has 1 saturated heterocycles. The number of carbonyl (C=O) groups excluding carboxylic acids is 1. The van der Waals surface area contributed by atoms with Gasteiger partial charge in [0, 0.05) is 12.2 Å². The van der Waals surface area contributed by atoms with Gasteiger partial charge in [0.25, 0.3) is 0 Å². The number of aliphatic hydroxyl groups is 1. The molecule has 1 aliphatic heterocycles. The van der Waals surface area contributed by atoms with Crippen LogP contribution in [0.4, 0.5) is 5.69 Å². The third kappa shape index (κ3) is 3.89. The van der Waals surface area contributed by atoms with Crippen molar-refractivity contribution >= 4 is 23.2 Å². The number of hydrogen-bond donors (Lipinski definition) is 2. The molecule has 104 valence electrons. The van der Waals surface area contributed by atoms with Gasteiger partial charge in [0.1, 0.15) is 0 Å². The average molecular weight is 284 g/mol. The van der Waals surface area contributed by atoms with E-state index in [-0.39, 0.29) is 30.3 Å². The highest BCUT2D eigenvalue weighted by Crippen LogP contribution is 2.19. The van der Waals surface area contributed by atoms with Crippen LogP contribution >= 0.6 is 11.6 Å². The molecule has 5 nitrogen and oxygen atoms in total. The summed E-state index contributed by atoms with van der Waals surface area (Å²) in [7, 11) is 0. The largest absolute Gasteiger partial charge is 0.395 e. The minimum atomic E-state index is -0.129. The summed E-state index contributed by atoms with van der Waals surface area (Å²) in [5, 5.41) is 12.3. The smallest absolute Gasteiger partial charge is 0.238 e. The lowest BCUT2D eigenvalue weighted by atomic mass is 10.0. The molecular formula is C13H18ClN3O2. The number of aromatic nitrogens is 1. The Morgan fingerprint density at radius 3 is 3.16 bits per heavy atom. The van der Waals surface area contributed by atoms with Gasteiger partial charge >= 0.3 is 0 Å². The molecule has 1 amide bonds. The molecular weight excluding hydrogens is 266 g/mol. The highest BCUT2D eigenvalue weighted by atomic mass is 35.5. The Kier molecular flexibility index (Phi) is 5.13. The first-order valence-electron chi connectivity index (χ1n) is 6.46. The highest BCUT2D eigenvalue weighted by molar-refractivity contribution is 6.32. The maximum Gasteiger partial charge on any atom is 0.238 e. The van der Waals surface area contributed by atoms with Crippen molar-refractivity contribution in [3.05, 3.63) is 23.5 Å². The predicted molar refractivity (Wildman–Crippen MR) is 74.2 cm³/mol. The summed E-state index contributed by atoms with van der Waals surface area (Å²) in [4.78, 5) is 17.9. The molecule has 0 aliphatic carbocycles. The third-order valence-corrected chi connectivity index (χ3v) is 3.64. The Balaban J connectivity index is 1.92. The van der Waals surface area contributed by atoms with Crippen molar-refractivity contribution in [2.75, 3.05) is 25.0 Å². The predicted octanol–water partition coefficient (Wildman–Crippen LogP) is 1.52. The van der Waals surface area contributed by atoms with Gasteiger partial charge in [-0.1, -0.05) is 18.0 Å². The fourth-order valence-corrected chi connectivity index (χ4v) is 2.49. The van der Waals surface area contributed by atoms with Crippen LogP contribution < -0.4 is 5.32 Å². The summed E-state index contributed by atoms with van der Waals surface area (Å²) < 4.78 is 0. The van der Waals surface area contributed by atoms with Crippen LogP contribution in [0.1, 0.15) is 19.3 Å². The number of nitrogens with zero attached hydrogens (tertiary/aromatic N) is 2. The number of rotatable bonds is 4. The number of amides is 1. The van der Waals surface area contributed by atoms with E-state index in [0.717, 1.165) is 25.8 Å². The maximum atomic E-state index is 12.0. The van der Waals surface area contributed by atoms with Crippen LogP contribution in [0.5, 0.6) is 0 Å². The molecule has 0 saturated carbocycles. The molecule has 1 fully saturated rings. The molecule has 1 atom stereocenters. The fraction of sp³-hybridized carbons (Fsp3) is 0.538. The normalized spacial score (nSPS) is 20.2. The lowest BCUT2D eigenvalue weighted by Gasteiger charge is -2.33. The maximum absolute atomic E-state index is 12.0. The van der Waals surface area contributed by atoms with Gasteiger partial charge in [-0.05, 0) is 31.5 Å². The van der Waals surface area contributed by atoms with Crippen LogP contribution in [-0.4, -0.2) is 46.6 Å². The lowest BCUT2D eigenvalue weighted by molar-refractivity contribution is -0.118. The Morgan fingerprint density at radius 1 is 1.58 bits per heavy atom. The molecule has 0 aromatic carbocycles. The van der Waals surface area contributed by atoms with Crippen molar-refractivity contribution in [1.82, 2.24) is 9.88 Å². The van der Waals surface area contributed by atoms with Gasteiger partial charge in [0.05, 0.1) is 18.8 Å². The molecule has 1 aromatic rings. The molecule has 0 bridgehead atoms. The van der Waals surface area contributed by atoms with Crippen LogP contribution in [0, 0.1) is 0 Å². The van der Waals surface area contributed by atoms with Gasteiger partial charge in [-0.15, -0.1) is 0 Å². The van der Waals surface area contributed by atoms with Crippen LogP contribution in [0.3, 0.4) is 0 Å². The number of carbonyl (C=O) groups is 1. The Bertz CT molecular complexity index is 442. The fourth-order valence-electron chi connectivity index (χ4n) is 2.33. The van der Waals surface area contributed by atoms with Gasteiger partial charge in [0.2, 0.25) is 5.91 Å². The number of piperidine rings is 1. The van der Waals surface area contributed by atoms with E-state index in [1.165, 1.54) is 0 Å². The molecule has 2 rings (SSSR count). The van der Waals surface area contributed by atoms with E-state index in [0.29, 0.717) is 5.69 Å². The number of anilines is 1. The van der Waals surface area contributed by atoms with E-state index in [9.17, 15) is 9.90 Å². The number of halogens is 1. The van der Waals surface area contributed by atoms with E-state index in [1.54, 1.807) is 18.3 Å². The number of likely N-dealkylation sites (tertiary alicyclic amines) is 1. The van der Waals surface area contributed by atoms with Gasteiger partial charge in [-0.3, -0.25) is 9.69 Å². The van der Waals surface area contributed by atoms with Crippen molar-refractivity contribution in [1.29, 1.82) is 0 Å². The first-order valence-corrected chi connectivity index (χ1v) is 6.84. The number of aliphatic hydroxyl groups excluding tert-OH is 1. The molecule has 0 spiro atoms. The second kappa shape index (κ2) is 6.84. The zero-order valence-corrected chi connectivity index (χ0v) is 11.4. The zero-order chi connectivity index (χ0) is 13.7. The van der Waals surface area contributed by atoms with Crippen LogP contribution in [0.25, 0.3) is 0 Å². The monoisotopic (exact) mass is 283 g/mol.